The van der Waals surface area contributed by atoms with Crippen LogP contribution in [0.4, 0.5) is 5.69 Å². The molecule has 0 spiro atoms. The third-order valence-corrected chi connectivity index (χ3v) is 4.14. The highest BCUT2D eigenvalue weighted by atomic mass is 32.2. The van der Waals surface area contributed by atoms with Gasteiger partial charge < -0.3 is 14.7 Å². The molecule has 0 radical (unpaired) electrons. The fraction of sp³-hybridized carbons (Fsp3) is 0.500. The number of aliphatic hydroxyl groups is 1. The molecule has 0 aromatic heterocycles. The Kier molecular flexibility index (Phi) is 4.10. The lowest BCUT2D eigenvalue weighted by Gasteiger charge is -2.39. The standard InChI is InChI=1S/C12H18N2O4S/c1-9-8-18-11(7-15)6-14(9)10-2-4-12(5-3-10)19(13,16)17/h2-5,9,11,15H,6-8H2,1H3,(H2,13,16,17). The number of aliphatic hydroxyl groups excluding tert-OH is 1. The Bertz CT molecular complexity index is 529. The molecule has 0 amide bonds. The van der Waals surface area contributed by atoms with Crippen molar-refractivity contribution in [3.05, 3.63) is 24.3 Å². The fourth-order valence-corrected chi connectivity index (χ4v) is 2.63. The van der Waals surface area contributed by atoms with E-state index in [0.29, 0.717) is 13.2 Å². The van der Waals surface area contributed by atoms with E-state index in [2.05, 4.69) is 4.90 Å². The van der Waals surface area contributed by atoms with Gasteiger partial charge in [-0.05, 0) is 31.2 Å². The molecule has 1 aliphatic heterocycles. The van der Waals surface area contributed by atoms with Gasteiger partial charge in [0.25, 0.3) is 0 Å². The minimum absolute atomic E-state index is 0.0293. The van der Waals surface area contributed by atoms with E-state index >= 15 is 0 Å². The lowest BCUT2D eigenvalue weighted by Crippen LogP contribution is -2.49. The first kappa shape index (κ1) is 14.3. The normalized spacial score (nSPS) is 24.5. The first-order chi connectivity index (χ1) is 8.91. The number of hydrogen-bond acceptors (Lipinski definition) is 5. The number of rotatable bonds is 3. The van der Waals surface area contributed by atoms with E-state index in [1.165, 1.54) is 12.1 Å². The summed E-state index contributed by atoms with van der Waals surface area (Å²) in [6.07, 6.45) is -0.214. The summed E-state index contributed by atoms with van der Waals surface area (Å²) in [7, 11) is -3.66. The number of morpholine rings is 1. The Morgan fingerprint density at radius 3 is 2.58 bits per heavy atom. The Morgan fingerprint density at radius 1 is 1.42 bits per heavy atom. The van der Waals surface area contributed by atoms with Crippen LogP contribution in [0.15, 0.2) is 29.2 Å². The van der Waals surface area contributed by atoms with Crippen LogP contribution in [0.1, 0.15) is 6.92 Å². The second-order valence-electron chi connectivity index (χ2n) is 4.68. The third-order valence-electron chi connectivity index (χ3n) is 3.21. The molecule has 1 aromatic carbocycles. The van der Waals surface area contributed by atoms with Crippen LogP contribution in [-0.2, 0) is 14.8 Å². The first-order valence-corrected chi connectivity index (χ1v) is 7.58. The molecule has 3 N–H and O–H groups in total. The number of nitrogens with zero attached hydrogens (tertiary/aromatic N) is 1. The van der Waals surface area contributed by atoms with E-state index in [9.17, 15) is 8.42 Å². The quantitative estimate of drug-likeness (QED) is 0.810. The highest BCUT2D eigenvalue weighted by Crippen LogP contribution is 2.23. The van der Waals surface area contributed by atoms with Crippen molar-refractivity contribution in [3.63, 3.8) is 0 Å². The van der Waals surface area contributed by atoms with Crippen LogP contribution < -0.4 is 10.0 Å². The smallest absolute Gasteiger partial charge is 0.238 e. The van der Waals surface area contributed by atoms with Crippen molar-refractivity contribution in [1.82, 2.24) is 0 Å². The van der Waals surface area contributed by atoms with Gasteiger partial charge >= 0.3 is 0 Å². The zero-order valence-electron chi connectivity index (χ0n) is 10.7. The summed E-state index contributed by atoms with van der Waals surface area (Å²) in [5, 5.41) is 14.2. The molecule has 6 nitrogen and oxygen atoms in total. The van der Waals surface area contributed by atoms with Gasteiger partial charge in [-0.1, -0.05) is 0 Å². The lowest BCUT2D eigenvalue weighted by atomic mass is 10.1. The molecule has 1 aromatic rings. The van der Waals surface area contributed by atoms with Crippen LogP contribution in [-0.4, -0.2) is 45.4 Å². The fourth-order valence-electron chi connectivity index (χ4n) is 2.11. The van der Waals surface area contributed by atoms with Crippen molar-refractivity contribution in [3.8, 4) is 0 Å². The van der Waals surface area contributed by atoms with Gasteiger partial charge in [0.2, 0.25) is 10.0 Å². The van der Waals surface area contributed by atoms with E-state index in [1.54, 1.807) is 12.1 Å². The van der Waals surface area contributed by atoms with Gasteiger partial charge in [0.15, 0.2) is 0 Å². The summed E-state index contributed by atoms with van der Waals surface area (Å²) < 4.78 is 27.9. The van der Waals surface area contributed by atoms with Crippen molar-refractivity contribution in [2.45, 2.75) is 24.0 Å². The molecule has 1 heterocycles. The van der Waals surface area contributed by atoms with E-state index in [1.807, 2.05) is 6.92 Å². The molecule has 106 valence electrons. The van der Waals surface area contributed by atoms with E-state index in [4.69, 9.17) is 15.0 Å². The Hall–Kier alpha value is -1.15. The number of hydrogen-bond donors (Lipinski definition) is 2. The van der Waals surface area contributed by atoms with Gasteiger partial charge in [0.05, 0.1) is 24.2 Å². The maximum Gasteiger partial charge on any atom is 0.238 e. The molecule has 2 rings (SSSR count). The number of anilines is 1. The molecule has 19 heavy (non-hydrogen) atoms. The highest BCUT2D eigenvalue weighted by molar-refractivity contribution is 7.89. The number of sulfonamides is 1. The highest BCUT2D eigenvalue weighted by Gasteiger charge is 2.25. The molecule has 0 aliphatic carbocycles. The summed E-state index contributed by atoms with van der Waals surface area (Å²) in [4.78, 5) is 2.17. The van der Waals surface area contributed by atoms with Gasteiger partial charge in [-0.25, -0.2) is 13.6 Å². The molecular formula is C12H18N2O4S. The topological polar surface area (TPSA) is 92.9 Å². The maximum atomic E-state index is 11.2. The van der Waals surface area contributed by atoms with Gasteiger partial charge in [-0.2, -0.15) is 0 Å². The van der Waals surface area contributed by atoms with Crippen molar-refractivity contribution in [2.75, 3.05) is 24.7 Å². The molecule has 0 saturated carbocycles. The summed E-state index contributed by atoms with van der Waals surface area (Å²) in [5.74, 6) is 0. The second kappa shape index (κ2) is 5.46. The van der Waals surface area contributed by atoms with Gasteiger partial charge in [-0.3, -0.25) is 0 Å². The molecule has 0 bridgehead atoms. The minimum Gasteiger partial charge on any atom is -0.394 e. The molecule has 2 unspecified atom stereocenters. The summed E-state index contributed by atoms with van der Waals surface area (Å²) in [6, 6.07) is 6.58. The molecule has 1 saturated heterocycles. The largest absolute Gasteiger partial charge is 0.394 e. The predicted molar refractivity (Wildman–Crippen MR) is 71.4 cm³/mol. The van der Waals surface area contributed by atoms with Crippen molar-refractivity contribution in [1.29, 1.82) is 0 Å². The maximum absolute atomic E-state index is 11.2. The predicted octanol–water partition coefficient (Wildman–Crippen LogP) is -0.0800. The Morgan fingerprint density at radius 2 is 2.05 bits per heavy atom. The molecule has 7 heteroatoms. The van der Waals surface area contributed by atoms with E-state index < -0.39 is 10.0 Å². The first-order valence-electron chi connectivity index (χ1n) is 6.04. The Labute approximate surface area is 112 Å². The minimum atomic E-state index is -3.66. The van der Waals surface area contributed by atoms with Crippen molar-refractivity contribution in [2.24, 2.45) is 5.14 Å². The number of benzene rings is 1. The zero-order chi connectivity index (χ0) is 14.0. The lowest BCUT2D eigenvalue weighted by molar-refractivity contribution is -0.0103. The van der Waals surface area contributed by atoms with Crippen molar-refractivity contribution < 1.29 is 18.3 Å². The second-order valence-corrected chi connectivity index (χ2v) is 6.24. The van der Waals surface area contributed by atoms with E-state index in [-0.39, 0.29) is 23.6 Å². The van der Waals surface area contributed by atoms with Crippen LogP contribution in [0, 0.1) is 0 Å². The van der Waals surface area contributed by atoms with Crippen LogP contribution in [0.5, 0.6) is 0 Å². The number of nitrogens with two attached hydrogens (primary N) is 1. The van der Waals surface area contributed by atoms with Crippen LogP contribution in [0.25, 0.3) is 0 Å². The Balaban J connectivity index is 2.21. The molecular weight excluding hydrogens is 268 g/mol. The summed E-state index contributed by atoms with van der Waals surface area (Å²) >= 11 is 0. The third kappa shape index (κ3) is 3.24. The van der Waals surface area contributed by atoms with Crippen LogP contribution >= 0.6 is 0 Å². The monoisotopic (exact) mass is 286 g/mol. The van der Waals surface area contributed by atoms with Gasteiger partial charge in [-0.15, -0.1) is 0 Å². The summed E-state index contributed by atoms with van der Waals surface area (Å²) in [6.45, 7) is 3.09. The van der Waals surface area contributed by atoms with Crippen LogP contribution in [0.3, 0.4) is 0 Å². The average Bonchev–Trinajstić information content (AvgIpc) is 2.38. The number of ether oxygens (including phenoxy) is 1. The van der Waals surface area contributed by atoms with E-state index in [0.717, 1.165) is 5.69 Å². The zero-order valence-corrected chi connectivity index (χ0v) is 11.5. The SMILES string of the molecule is CC1COC(CO)CN1c1ccc(S(N)(=O)=O)cc1. The van der Waals surface area contributed by atoms with Crippen molar-refractivity contribution >= 4 is 15.7 Å². The molecule has 1 fully saturated rings. The van der Waals surface area contributed by atoms with Gasteiger partial charge in [0.1, 0.15) is 0 Å². The van der Waals surface area contributed by atoms with Crippen LogP contribution in [0.2, 0.25) is 0 Å². The average molecular weight is 286 g/mol. The summed E-state index contributed by atoms with van der Waals surface area (Å²) in [5.41, 5.74) is 0.890. The molecule has 1 aliphatic rings. The molecule has 2 atom stereocenters. The van der Waals surface area contributed by atoms with Gasteiger partial charge in [0, 0.05) is 18.3 Å². The number of primary sulfonamides is 1.